The Bertz CT molecular complexity index is 759. The van der Waals surface area contributed by atoms with Crippen molar-refractivity contribution < 1.29 is 24.5 Å². The predicted octanol–water partition coefficient (Wildman–Crippen LogP) is 0.286. The summed E-state index contributed by atoms with van der Waals surface area (Å²) in [7, 11) is 3.05. The molecule has 0 fully saturated rings. The fourth-order valence-electron chi connectivity index (χ4n) is 2.47. The summed E-state index contributed by atoms with van der Waals surface area (Å²) in [5.41, 5.74) is 6.55. The van der Waals surface area contributed by atoms with E-state index in [9.17, 15) is 15.0 Å². The monoisotopic (exact) mass is 399 g/mol. The van der Waals surface area contributed by atoms with Crippen LogP contribution in [0.2, 0.25) is 0 Å². The summed E-state index contributed by atoms with van der Waals surface area (Å²) >= 11 is 5.78. The highest BCUT2D eigenvalue weighted by molar-refractivity contribution is 6.18. The number of aliphatic imine (C=N–C) groups is 1. The van der Waals surface area contributed by atoms with Crippen LogP contribution in [0, 0.1) is 0 Å². The first-order valence-electron chi connectivity index (χ1n) is 7.92. The smallest absolute Gasteiger partial charge is 0.320 e. The summed E-state index contributed by atoms with van der Waals surface area (Å²) in [5, 5.41) is 25.3. The molecule has 0 saturated carbocycles. The molecule has 1 aliphatic rings. The summed E-state index contributed by atoms with van der Waals surface area (Å²) in [6.45, 7) is 1.29. The van der Waals surface area contributed by atoms with Gasteiger partial charge in [-0.05, 0) is 30.7 Å². The number of alkyl halides is 1. The van der Waals surface area contributed by atoms with Gasteiger partial charge in [-0.3, -0.25) is 4.79 Å². The van der Waals surface area contributed by atoms with Crippen LogP contribution in [0.3, 0.4) is 0 Å². The molecular formula is C16H22ClN5O5. The summed E-state index contributed by atoms with van der Waals surface area (Å²) in [4.78, 5) is 16.4. The molecule has 0 bridgehead atoms. The zero-order valence-electron chi connectivity index (χ0n) is 15.2. The summed E-state index contributed by atoms with van der Waals surface area (Å²) in [5.74, 6) is -2.42. The normalized spacial score (nSPS) is 21.8. The maximum atomic E-state index is 11.3. The third-order valence-electron chi connectivity index (χ3n) is 4.06. The van der Waals surface area contributed by atoms with Gasteiger partial charge in [0.15, 0.2) is 11.5 Å². The first kappa shape index (κ1) is 20.7. The Kier molecular flexibility index (Phi) is 6.47. The van der Waals surface area contributed by atoms with Crippen molar-refractivity contribution in [3.8, 4) is 11.5 Å². The van der Waals surface area contributed by atoms with Gasteiger partial charge < -0.3 is 25.4 Å². The van der Waals surface area contributed by atoms with Gasteiger partial charge in [0.2, 0.25) is 11.8 Å². The van der Waals surface area contributed by atoms with E-state index in [1.807, 2.05) is 0 Å². The second-order valence-electron chi connectivity index (χ2n) is 5.76. The number of hydrogen-bond acceptors (Lipinski definition) is 9. The van der Waals surface area contributed by atoms with E-state index in [2.05, 4.69) is 10.1 Å². The van der Waals surface area contributed by atoms with Gasteiger partial charge in [0.25, 0.3) is 0 Å². The number of hydrazone groups is 1. The molecule has 2 rings (SSSR count). The van der Waals surface area contributed by atoms with E-state index in [0.29, 0.717) is 17.1 Å². The Morgan fingerprint density at radius 2 is 2.15 bits per heavy atom. The fourth-order valence-corrected chi connectivity index (χ4v) is 2.69. The molecule has 0 aromatic heterocycles. The molecule has 0 amide bonds. The van der Waals surface area contributed by atoms with E-state index < -0.39 is 17.9 Å². The maximum absolute atomic E-state index is 11.3. The second kappa shape index (κ2) is 8.42. The van der Waals surface area contributed by atoms with E-state index in [1.165, 1.54) is 37.3 Å². The van der Waals surface area contributed by atoms with E-state index in [-0.39, 0.29) is 18.5 Å². The van der Waals surface area contributed by atoms with Crippen LogP contribution in [0.15, 0.2) is 28.3 Å². The SMILES string of the molecule is COc1ccc(C=NN2CN(C(C)C(=O)O)C(O)(CCl)N=C2N)cc1OC. The number of ether oxygens (including phenoxy) is 2. The number of carboxylic acids is 1. The molecule has 2 atom stereocenters. The Morgan fingerprint density at radius 1 is 1.48 bits per heavy atom. The number of guanidine groups is 1. The number of rotatable bonds is 7. The van der Waals surface area contributed by atoms with E-state index in [4.69, 9.17) is 26.8 Å². The fraction of sp³-hybridized carbons (Fsp3) is 0.438. The molecular weight excluding hydrogens is 378 g/mol. The van der Waals surface area contributed by atoms with Gasteiger partial charge >= 0.3 is 5.97 Å². The van der Waals surface area contributed by atoms with Crippen LogP contribution in [0.4, 0.5) is 0 Å². The summed E-state index contributed by atoms with van der Waals surface area (Å²) in [6, 6.07) is 4.13. The molecule has 10 nitrogen and oxygen atoms in total. The van der Waals surface area contributed by atoms with Crippen LogP contribution in [-0.2, 0) is 4.79 Å². The highest BCUT2D eigenvalue weighted by atomic mass is 35.5. The lowest BCUT2D eigenvalue weighted by molar-refractivity contribution is -0.164. The van der Waals surface area contributed by atoms with Crippen molar-refractivity contribution in [3.05, 3.63) is 23.8 Å². The zero-order chi connectivity index (χ0) is 20.2. The number of aliphatic hydroxyl groups is 1. The van der Waals surface area contributed by atoms with Gasteiger partial charge in [-0.2, -0.15) is 5.10 Å². The van der Waals surface area contributed by atoms with Gasteiger partial charge in [-0.15, -0.1) is 11.6 Å². The lowest BCUT2D eigenvalue weighted by atomic mass is 10.2. The number of nitrogens with two attached hydrogens (primary N) is 1. The van der Waals surface area contributed by atoms with Crippen molar-refractivity contribution in [1.29, 1.82) is 0 Å². The van der Waals surface area contributed by atoms with Gasteiger partial charge in [-0.25, -0.2) is 14.9 Å². The molecule has 2 unspecified atom stereocenters. The Hall–Kier alpha value is -2.56. The Labute approximate surface area is 161 Å². The molecule has 11 heteroatoms. The minimum absolute atomic E-state index is 0.0938. The van der Waals surface area contributed by atoms with Crippen molar-refractivity contribution in [2.75, 3.05) is 26.8 Å². The second-order valence-corrected chi connectivity index (χ2v) is 6.03. The lowest BCUT2D eigenvalue weighted by Gasteiger charge is -2.43. The van der Waals surface area contributed by atoms with E-state index in [1.54, 1.807) is 18.2 Å². The van der Waals surface area contributed by atoms with Crippen LogP contribution in [0.1, 0.15) is 12.5 Å². The Balaban J connectivity index is 2.29. The van der Waals surface area contributed by atoms with Gasteiger partial charge in [0.1, 0.15) is 12.7 Å². The molecule has 4 N–H and O–H groups in total. The van der Waals surface area contributed by atoms with Gasteiger partial charge in [0, 0.05) is 0 Å². The molecule has 1 aromatic rings. The average Bonchev–Trinajstić information content (AvgIpc) is 2.66. The molecule has 1 heterocycles. The number of benzene rings is 1. The molecule has 0 radical (unpaired) electrons. The third kappa shape index (κ3) is 4.41. The van der Waals surface area contributed by atoms with Crippen LogP contribution in [0.5, 0.6) is 11.5 Å². The highest BCUT2D eigenvalue weighted by Crippen LogP contribution is 2.27. The van der Waals surface area contributed by atoms with Crippen LogP contribution in [-0.4, -0.2) is 76.9 Å². The van der Waals surface area contributed by atoms with Crippen LogP contribution >= 0.6 is 11.6 Å². The largest absolute Gasteiger partial charge is 0.493 e. The van der Waals surface area contributed by atoms with Crippen LogP contribution < -0.4 is 15.2 Å². The lowest BCUT2D eigenvalue weighted by Crippen LogP contribution is -2.63. The number of carbonyl (C=O) groups is 1. The quantitative estimate of drug-likeness (QED) is 0.440. The number of nitrogens with zero attached hydrogens (tertiary/aromatic N) is 4. The van der Waals surface area contributed by atoms with Crippen molar-refractivity contribution in [3.63, 3.8) is 0 Å². The number of methoxy groups -OCH3 is 2. The summed E-state index contributed by atoms with van der Waals surface area (Å²) < 4.78 is 10.4. The van der Waals surface area contributed by atoms with Crippen molar-refractivity contribution >= 4 is 29.7 Å². The average molecular weight is 400 g/mol. The zero-order valence-corrected chi connectivity index (χ0v) is 15.9. The van der Waals surface area contributed by atoms with E-state index >= 15 is 0 Å². The molecule has 27 heavy (non-hydrogen) atoms. The van der Waals surface area contributed by atoms with Gasteiger partial charge in [0.05, 0.1) is 26.3 Å². The molecule has 1 aliphatic heterocycles. The molecule has 0 aliphatic carbocycles. The third-order valence-corrected chi connectivity index (χ3v) is 4.42. The predicted molar refractivity (Wildman–Crippen MR) is 100 cm³/mol. The molecule has 148 valence electrons. The maximum Gasteiger partial charge on any atom is 0.320 e. The van der Waals surface area contributed by atoms with Crippen LogP contribution in [0.25, 0.3) is 0 Å². The van der Waals surface area contributed by atoms with Crippen molar-refractivity contribution in [2.45, 2.75) is 18.8 Å². The summed E-state index contributed by atoms with van der Waals surface area (Å²) in [6.07, 6.45) is 1.50. The number of halogens is 1. The topological polar surface area (TPSA) is 133 Å². The number of carboxylic acid groups (broad SMARTS) is 1. The number of hydrogen-bond donors (Lipinski definition) is 3. The molecule has 1 aromatic carbocycles. The van der Waals surface area contributed by atoms with Crippen molar-refractivity contribution in [2.24, 2.45) is 15.8 Å². The first-order chi connectivity index (χ1) is 12.8. The van der Waals surface area contributed by atoms with Crippen molar-refractivity contribution in [1.82, 2.24) is 9.91 Å². The van der Waals surface area contributed by atoms with E-state index in [0.717, 1.165) is 0 Å². The van der Waals surface area contributed by atoms with Gasteiger partial charge in [-0.1, -0.05) is 0 Å². The standard InChI is InChI=1S/C16H22ClN5O5/c1-10(14(23)24)21-9-22(15(18)20-16(21,25)8-17)19-7-11-4-5-12(26-2)13(6-11)27-3/h4-7,10,25H,8-9H2,1-3H3,(H2,18,20)(H,23,24). The first-order valence-corrected chi connectivity index (χ1v) is 8.46. The highest BCUT2D eigenvalue weighted by Gasteiger charge is 2.44. The minimum Gasteiger partial charge on any atom is -0.493 e. The minimum atomic E-state index is -1.93. The molecule has 0 spiro atoms. The Morgan fingerprint density at radius 3 is 2.70 bits per heavy atom. The number of aliphatic carboxylic acids is 1. The molecule has 0 saturated heterocycles.